The van der Waals surface area contributed by atoms with Crippen molar-refractivity contribution < 1.29 is 18.3 Å². The molecule has 0 aliphatic rings. The van der Waals surface area contributed by atoms with Crippen LogP contribution in [0.1, 0.15) is 10.4 Å². The molecule has 0 atom stereocenters. The topological polar surface area (TPSA) is 51.2 Å². The molecule has 0 aliphatic carbocycles. The molecular weight excluding hydrogens is 254 g/mol. The number of aromatic nitrogens is 1. The van der Waals surface area contributed by atoms with E-state index in [2.05, 4.69) is 15.0 Å². The predicted octanol–water partition coefficient (Wildman–Crippen LogP) is 2.94. The van der Waals surface area contributed by atoms with E-state index in [1.165, 1.54) is 30.5 Å². The SMILES string of the molecule is O=C(Nc1ccc(OC(F)F)cc1)c1cccnc1. The quantitative estimate of drug-likeness (QED) is 0.923. The van der Waals surface area contributed by atoms with Gasteiger partial charge in [-0.25, -0.2) is 0 Å². The number of benzene rings is 1. The molecule has 0 saturated carbocycles. The predicted molar refractivity (Wildman–Crippen MR) is 65.3 cm³/mol. The molecule has 1 N–H and O–H groups in total. The maximum absolute atomic E-state index is 12.0. The number of amides is 1. The zero-order valence-corrected chi connectivity index (χ0v) is 9.72. The zero-order valence-electron chi connectivity index (χ0n) is 9.72. The molecule has 19 heavy (non-hydrogen) atoms. The summed E-state index contributed by atoms with van der Waals surface area (Å²) in [6.45, 7) is -2.86. The molecule has 1 aromatic heterocycles. The van der Waals surface area contributed by atoms with Gasteiger partial charge in [0.1, 0.15) is 5.75 Å². The highest BCUT2D eigenvalue weighted by Crippen LogP contribution is 2.18. The minimum Gasteiger partial charge on any atom is -0.435 e. The Hall–Kier alpha value is -2.50. The Kier molecular flexibility index (Phi) is 4.02. The van der Waals surface area contributed by atoms with Gasteiger partial charge in [0.05, 0.1) is 5.56 Å². The number of hydrogen-bond donors (Lipinski definition) is 1. The van der Waals surface area contributed by atoms with Crippen LogP contribution in [0.5, 0.6) is 5.75 Å². The van der Waals surface area contributed by atoms with Crippen LogP contribution in [-0.2, 0) is 0 Å². The summed E-state index contributed by atoms with van der Waals surface area (Å²) in [7, 11) is 0. The Bertz CT molecular complexity index is 544. The first-order chi connectivity index (χ1) is 9.15. The van der Waals surface area contributed by atoms with Gasteiger partial charge in [0.15, 0.2) is 0 Å². The van der Waals surface area contributed by atoms with E-state index in [9.17, 15) is 13.6 Å². The number of halogens is 2. The molecule has 0 bridgehead atoms. The van der Waals surface area contributed by atoms with E-state index in [0.29, 0.717) is 11.3 Å². The van der Waals surface area contributed by atoms with E-state index in [1.807, 2.05) is 0 Å². The van der Waals surface area contributed by atoms with Gasteiger partial charge >= 0.3 is 6.61 Å². The molecule has 1 amide bonds. The van der Waals surface area contributed by atoms with Crippen molar-refractivity contribution in [1.29, 1.82) is 0 Å². The number of anilines is 1. The molecule has 6 heteroatoms. The Balaban J connectivity index is 2.02. The van der Waals surface area contributed by atoms with Crippen molar-refractivity contribution in [2.45, 2.75) is 6.61 Å². The lowest BCUT2D eigenvalue weighted by molar-refractivity contribution is -0.0498. The number of rotatable bonds is 4. The van der Waals surface area contributed by atoms with Crippen molar-refractivity contribution in [3.63, 3.8) is 0 Å². The Morgan fingerprint density at radius 3 is 2.53 bits per heavy atom. The number of alkyl halides is 2. The van der Waals surface area contributed by atoms with E-state index in [1.54, 1.807) is 18.3 Å². The number of pyridine rings is 1. The zero-order chi connectivity index (χ0) is 13.7. The minimum atomic E-state index is -2.86. The van der Waals surface area contributed by atoms with Crippen molar-refractivity contribution in [3.8, 4) is 5.75 Å². The lowest BCUT2D eigenvalue weighted by Gasteiger charge is -2.07. The average molecular weight is 264 g/mol. The second-order valence-electron chi connectivity index (χ2n) is 3.60. The van der Waals surface area contributed by atoms with Gasteiger partial charge in [0.25, 0.3) is 5.91 Å². The summed E-state index contributed by atoms with van der Waals surface area (Å²) in [4.78, 5) is 15.6. The van der Waals surface area contributed by atoms with E-state index in [4.69, 9.17) is 0 Å². The van der Waals surface area contributed by atoms with Crippen molar-refractivity contribution in [2.24, 2.45) is 0 Å². The number of carbonyl (C=O) groups excluding carboxylic acids is 1. The van der Waals surface area contributed by atoms with Crippen LogP contribution in [0.15, 0.2) is 48.8 Å². The molecule has 0 saturated heterocycles. The number of nitrogens with one attached hydrogen (secondary N) is 1. The number of carbonyl (C=O) groups is 1. The smallest absolute Gasteiger partial charge is 0.387 e. The van der Waals surface area contributed by atoms with E-state index in [-0.39, 0.29) is 11.7 Å². The normalized spacial score (nSPS) is 10.3. The fourth-order valence-electron chi connectivity index (χ4n) is 1.42. The van der Waals surface area contributed by atoms with Crippen molar-refractivity contribution >= 4 is 11.6 Å². The largest absolute Gasteiger partial charge is 0.435 e. The lowest BCUT2D eigenvalue weighted by Crippen LogP contribution is -2.12. The Labute approximate surface area is 108 Å². The fourth-order valence-corrected chi connectivity index (χ4v) is 1.42. The highest BCUT2D eigenvalue weighted by atomic mass is 19.3. The van der Waals surface area contributed by atoms with Crippen LogP contribution in [0.3, 0.4) is 0 Å². The summed E-state index contributed by atoms with van der Waals surface area (Å²) in [5, 5.41) is 2.62. The maximum atomic E-state index is 12.0. The summed E-state index contributed by atoms with van der Waals surface area (Å²) in [5.41, 5.74) is 0.894. The molecule has 0 aliphatic heterocycles. The van der Waals surface area contributed by atoms with Gasteiger partial charge in [-0.1, -0.05) is 0 Å². The molecule has 0 spiro atoms. The molecule has 0 fully saturated rings. The van der Waals surface area contributed by atoms with E-state index in [0.717, 1.165) is 0 Å². The second kappa shape index (κ2) is 5.90. The summed E-state index contributed by atoms with van der Waals surface area (Å²) in [6.07, 6.45) is 3.00. The lowest BCUT2D eigenvalue weighted by atomic mass is 10.2. The molecule has 0 unspecified atom stereocenters. The van der Waals surface area contributed by atoms with E-state index < -0.39 is 6.61 Å². The number of hydrogen-bond acceptors (Lipinski definition) is 3. The molecule has 4 nitrogen and oxygen atoms in total. The third kappa shape index (κ3) is 3.74. The molecule has 1 aromatic carbocycles. The molecule has 0 radical (unpaired) electrons. The number of nitrogens with zero attached hydrogens (tertiary/aromatic N) is 1. The summed E-state index contributed by atoms with van der Waals surface area (Å²) >= 11 is 0. The minimum absolute atomic E-state index is 0.0365. The van der Waals surface area contributed by atoms with Crippen LogP contribution >= 0.6 is 0 Å². The first-order valence-electron chi connectivity index (χ1n) is 5.41. The van der Waals surface area contributed by atoms with Crippen LogP contribution < -0.4 is 10.1 Å². The molecule has 2 aromatic rings. The van der Waals surface area contributed by atoms with E-state index >= 15 is 0 Å². The van der Waals surface area contributed by atoms with Crippen LogP contribution in [0.2, 0.25) is 0 Å². The first kappa shape index (κ1) is 12.9. The van der Waals surface area contributed by atoms with Gasteiger partial charge in [-0.15, -0.1) is 0 Å². The van der Waals surface area contributed by atoms with Gasteiger partial charge in [-0.3, -0.25) is 9.78 Å². The van der Waals surface area contributed by atoms with Crippen molar-refractivity contribution in [1.82, 2.24) is 4.98 Å². The van der Waals surface area contributed by atoms with Gasteiger partial charge in [0.2, 0.25) is 0 Å². The molecule has 1 heterocycles. The van der Waals surface area contributed by atoms with Crippen LogP contribution in [0.4, 0.5) is 14.5 Å². The van der Waals surface area contributed by atoms with Gasteiger partial charge in [0, 0.05) is 18.1 Å². The van der Waals surface area contributed by atoms with Crippen molar-refractivity contribution in [3.05, 3.63) is 54.4 Å². The monoisotopic (exact) mass is 264 g/mol. The average Bonchev–Trinajstić information content (AvgIpc) is 2.41. The molecular formula is C13H10F2N2O2. The summed E-state index contributed by atoms with van der Waals surface area (Å²) < 4.78 is 28.1. The maximum Gasteiger partial charge on any atom is 0.387 e. The van der Waals surface area contributed by atoms with Gasteiger partial charge in [-0.05, 0) is 36.4 Å². The standard InChI is InChI=1S/C13H10F2N2O2/c14-13(15)19-11-5-3-10(4-6-11)17-12(18)9-2-1-7-16-8-9/h1-8,13H,(H,17,18). The Morgan fingerprint density at radius 1 is 1.21 bits per heavy atom. The third-order valence-corrected chi connectivity index (χ3v) is 2.26. The van der Waals surface area contributed by atoms with Crippen LogP contribution in [0, 0.1) is 0 Å². The molecule has 2 rings (SSSR count). The van der Waals surface area contributed by atoms with Crippen molar-refractivity contribution in [2.75, 3.05) is 5.32 Å². The fraction of sp³-hybridized carbons (Fsp3) is 0.0769. The summed E-state index contributed by atoms with van der Waals surface area (Å²) in [6, 6.07) is 8.93. The highest BCUT2D eigenvalue weighted by Gasteiger charge is 2.07. The van der Waals surface area contributed by atoms with Crippen LogP contribution in [-0.4, -0.2) is 17.5 Å². The molecule has 98 valence electrons. The van der Waals surface area contributed by atoms with Crippen LogP contribution in [0.25, 0.3) is 0 Å². The Morgan fingerprint density at radius 2 is 1.95 bits per heavy atom. The highest BCUT2D eigenvalue weighted by molar-refractivity contribution is 6.04. The third-order valence-electron chi connectivity index (χ3n) is 2.26. The van der Waals surface area contributed by atoms with Gasteiger partial charge in [-0.2, -0.15) is 8.78 Å². The van der Waals surface area contributed by atoms with Gasteiger partial charge < -0.3 is 10.1 Å². The number of ether oxygens (including phenoxy) is 1. The first-order valence-corrected chi connectivity index (χ1v) is 5.41. The second-order valence-corrected chi connectivity index (χ2v) is 3.60. The summed E-state index contributed by atoms with van der Waals surface area (Å²) in [5.74, 6) is -0.287.